The molecule has 0 heterocycles. The van der Waals surface area contributed by atoms with Crippen LogP contribution >= 0.6 is 0 Å². The molecule has 3 aromatic rings. The number of para-hydroxylation sites is 2. The molecule has 3 heteroatoms. The zero-order chi connectivity index (χ0) is 19.2. The summed E-state index contributed by atoms with van der Waals surface area (Å²) in [6.45, 7) is 8.55. The highest BCUT2D eigenvalue weighted by Crippen LogP contribution is 2.28. The molecule has 0 unspecified atom stereocenters. The van der Waals surface area contributed by atoms with E-state index >= 15 is 0 Å². The Kier molecular flexibility index (Phi) is 10.1. The van der Waals surface area contributed by atoms with Crippen LogP contribution in [0.1, 0.15) is 33.3 Å². The quantitative estimate of drug-likeness (QED) is 0.521. The van der Waals surface area contributed by atoms with E-state index in [2.05, 4.69) is 0 Å². The Morgan fingerprint density at radius 2 is 1.19 bits per heavy atom. The summed E-state index contributed by atoms with van der Waals surface area (Å²) in [5.41, 5.74) is 7.62. The van der Waals surface area contributed by atoms with Crippen molar-refractivity contribution in [3.8, 4) is 17.2 Å². The molecule has 0 fully saturated rings. The molecule has 2 N–H and O–H groups in total. The van der Waals surface area contributed by atoms with Gasteiger partial charge in [0.1, 0.15) is 23.9 Å². The van der Waals surface area contributed by atoms with Gasteiger partial charge in [0.25, 0.3) is 0 Å². The van der Waals surface area contributed by atoms with E-state index in [0.717, 1.165) is 17.1 Å². The first-order valence-electron chi connectivity index (χ1n) is 9.10. The minimum absolute atomic E-state index is 0.548. The number of nitrogen functional groups attached to an aromatic ring is 1. The van der Waals surface area contributed by atoms with Crippen LogP contribution in [-0.4, -0.2) is 0 Å². The van der Waals surface area contributed by atoms with Crippen LogP contribution in [0.4, 0.5) is 5.69 Å². The van der Waals surface area contributed by atoms with E-state index in [1.807, 2.05) is 107 Å². The van der Waals surface area contributed by atoms with Gasteiger partial charge in [-0.05, 0) is 42.0 Å². The fourth-order valence-corrected chi connectivity index (χ4v) is 2.05. The lowest BCUT2D eigenvalue weighted by Crippen LogP contribution is -1.95. The summed E-state index contributed by atoms with van der Waals surface area (Å²) < 4.78 is 11.5. The Bertz CT molecular complexity index is 725. The van der Waals surface area contributed by atoms with E-state index in [0.29, 0.717) is 18.0 Å². The second-order valence-electron chi connectivity index (χ2n) is 4.89. The van der Waals surface area contributed by atoms with E-state index in [9.17, 15) is 0 Å². The molecule has 0 bridgehead atoms. The van der Waals surface area contributed by atoms with E-state index in [1.54, 1.807) is 0 Å². The van der Waals surface area contributed by atoms with Crippen LogP contribution in [0.3, 0.4) is 0 Å². The third-order valence-electron chi connectivity index (χ3n) is 3.22. The summed E-state index contributed by atoms with van der Waals surface area (Å²) in [6, 6.07) is 25.0. The molecule has 0 saturated heterocycles. The van der Waals surface area contributed by atoms with E-state index in [4.69, 9.17) is 15.2 Å². The molecule has 3 aromatic carbocycles. The summed E-state index contributed by atoms with van der Waals surface area (Å²) in [4.78, 5) is 0. The average molecular weight is 351 g/mol. The van der Waals surface area contributed by atoms with Crippen LogP contribution in [0.25, 0.3) is 0 Å². The second kappa shape index (κ2) is 12.4. The zero-order valence-corrected chi connectivity index (χ0v) is 16.1. The highest BCUT2D eigenvalue weighted by molar-refractivity contribution is 5.53. The van der Waals surface area contributed by atoms with E-state index < -0.39 is 0 Å². The third-order valence-corrected chi connectivity index (χ3v) is 3.22. The standard InChI is InChI=1S/C19H17NO2.2C2H6/c20-18-8-4-5-9-19(18)22-17-12-10-16(11-13-17)21-14-15-6-2-1-3-7-15;2*1-2/h1-13H,14,20H2;2*1-2H3. The summed E-state index contributed by atoms with van der Waals surface area (Å²) >= 11 is 0. The number of hydrogen-bond donors (Lipinski definition) is 1. The van der Waals surface area contributed by atoms with Crippen molar-refractivity contribution in [2.45, 2.75) is 34.3 Å². The fourth-order valence-electron chi connectivity index (χ4n) is 2.05. The molecule has 0 amide bonds. The average Bonchev–Trinajstić information content (AvgIpc) is 2.73. The predicted octanol–water partition coefficient (Wildman–Crippen LogP) is 6.69. The number of rotatable bonds is 5. The van der Waals surface area contributed by atoms with E-state index in [1.165, 1.54) is 0 Å². The molecule has 0 aromatic heterocycles. The molecule has 0 radical (unpaired) electrons. The molecule has 0 spiro atoms. The topological polar surface area (TPSA) is 44.5 Å². The second-order valence-corrected chi connectivity index (χ2v) is 4.89. The number of benzene rings is 3. The lowest BCUT2D eigenvalue weighted by Gasteiger charge is -2.10. The number of nitrogens with two attached hydrogens (primary N) is 1. The first kappa shape index (κ1) is 21.1. The predicted molar refractivity (Wildman–Crippen MR) is 111 cm³/mol. The maximum absolute atomic E-state index is 5.86. The molecule has 0 aliphatic heterocycles. The molecule has 3 nitrogen and oxygen atoms in total. The lowest BCUT2D eigenvalue weighted by atomic mass is 10.2. The molecular formula is C23H29NO2. The van der Waals surface area contributed by atoms with Gasteiger partial charge < -0.3 is 15.2 Å². The summed E-state index contributed by atoms with van der Waals surface area (Å²) in [6.07, 6.45) is 0. The normalized spacial score (nSPS) is 9.08. The number of hydrogen-bond acceptors (Lipinski definition) is 3. The first-order valence-corrected chi connectivity index (χ1v) is 9.10. The van der Waals surface area contributed by atoms with Crippen molar-refractivity contribution in [1.29, 1.82) is 0 Å². The molecule has 3 rings (SSSR count). The van der Waals surface area contributed by atoms with Gasteiger partial charge in [0.15, 0.2) is 0 Å². The fraction of sp³-hybridized carbons (Fsp3) is 0.217. The summed E-state index contributed by atoms with van der Waals surface area (Å²) in [5, 5.41) is 0. The Morgan fingerprint density at radius 3 is 1.81 bits per heavy atom. The van der Waals surface area contributed by atoms with Gasteiger partial charge >= 0.3 is 0 Å². The van der Waals surface area contributed by atoms with Gasteiger partial charge in [-0.25, -0.2) is 0 Å². The number of ether oxygens (including phenoxy) is 2. The SMILES string of the molecule is CC.CC.Nc1ccccc1Oc1ccc(OCc2ccccc2)cc1. The monoisotopic (exact) mass is 351 g/mol. The maximum Gasteiger partial charge on any atom is 0.150 e. The third kappa shape index (κ3) is 6.89. The van der Waals surface area contributed by atoms with Crippen LogP contribution < -0.4 is 15.2 Å². The van der Waals surface area contributed by atoms with Gasteiger partial charge in [-0.2, -0.15) is 0 Å². The first-order chi connectivity index (χ1) is 12.8. The van der Waals surface area contributed by atoms with E-state index in [-0.39, 0.29) is 0 Å². The van der Waals surface area contributed by atoms with Crippen LogP contribution in [0, 0.1) is 0 Å². The summed E-state index contributed by atoms with van der Waals surface area (Å²) in [5.74, 6) is 2.18. The Balaban J connectivity index is 0.000000791. The minimum Gasteiger partial charge on any atom is -0.489 e. The molecule has 26 heavy (non-hydrogen) atoms. The van der Waals surface area contributed by atoms with Crippen LogP contribution in [0.2, 0.25) is 0 Å². The Labute approximate surface area is 157 Å². The molecule has 0 atom stereocenters. The minimum atomic E-state index is 0.548. The maximum atomic E-state index is 5.86. The van der Waals surface area contributed by atoms with Gasteiger partial charge in [-0.3, -0.25) is 0 Å². The Hall–Kier alpha value is -2.94. The molecule has 0 aliphatic carbocycles. The van der Waals surface area contributed by atoms with Crippen molar-refractivity contribution in [2.24, 2.45) is 0 Å². The van der Waals surface area contributed by atoms with Gasteiger partial charge in [-0.15, -0.1) is 0 Å². The van der Waals surface area contributed by atoms with Crippen molar-refractivity contribution in [3.05, 3.63) is 84.4 Å². The van der Waals surface area contributed by atoms with Crippen LogP contribution in [-0.2, 0) is 6.61 Å². The highest BCUT2D eigenvalue weighted by atomic mass is 16.5. The molecule has 0 saturated carbocycles. The van der Waals surface area contributed by atoms with Crippen molar-refractivity contribution in [2.75, 3.05) is 5.73 Å². The summed E-state index contributed by atoms with van der Waals surface area (Å²) in [7, 11) is 0. The number of anilines is 1. The zero-order valence-electron chi connectivity index (χ0n) is 16.1. The molecule has 138 valence electrons. The Morgan fingerprint density at radius 1 is 0.654 bits per heavy atom. The van der Waals surface area contributed by atoms with Gasteiger partial charge in [-0.1, -0.05) is 70.2 Å². The van der Waals surface area contributed by atoms with Crippen LogP contribution in [0.5, 0.6) is 17.2 Å². The largest absolute Gasteiger partial charge is 0.489 e. The van der Waals surface area contributed by atoms with Gasteiger partial charge in [0.05, 0.1) is 5.69 Å². The highest BCUT2D eigenvalue weighted by Gasteiger charge is 2.02. The lowest BCUT2D eigenvalue weighted by molar-refractivity contribution is 0.306. The smallest absolute Gasteiger partial charge is 0.150 e. The van der Waals surface area contributed by atoms with Crippen molar-refractivity contribution >= 4 is 5.69 Å². The molecular weight excluding hydrogens is 322 g/mol. The van der Waals surface area contributed by atoms with Crippen molar-refractivity contribution in [1.82, 2.24) is 0 Å². The van der Waals surface area contributed by atoms with Gasteiger partial charge in [0.2, 0.25) is 0 Å². The molecule has 0 aliphatic rings. The van der Waals surface area contributed by atoms with Gasteiger partial charge in [0, 0.05) is 0 Å². The van der Waals surface area contributed by atoms with Crippen molar-refractivity contribution < 1.29 is 9.47 Å². The van der Waals surface area contributed by atoms with Crippen molar-refractivity contribution in [3.63, 3.8) is 0 Å². The van der Waals surface area contributed by atoms with Crippen LogP contribution in [0.15, 0.2) is 78.9 Å².